The average molecular weight is 419 g/mol. The summed E-state index contributed by atoms with van der Waals surface area (Å²) in [6.07, 6.45) is 3.05. The van der Waals surface area contributed by atoms with E-state index in [4.69, 9.17) is 5.73 Å². The lowest BCUT2D eigenvalue weighted by Gasteiger charge is -2.31. The highest BCUT2D eigenvalue weighted by Gasteiger charge is 2.35. The summed E-state index contributed by atoms with van der Waals surface area (Å²) < 4.78 is 66.8. The zero-order valence-corrected chi connectivity index (χ0v) is 16.1. The molecule has 1 aromatic rings. The van der Waals surface area contributed by atoms with Gasteiger partial charge >= 0.3 is 0 Å². The molecule has 2 fully saturated rings. The first-order chi connectivity index (χ1) is 13.7. The van der Waals surface area contributed by atoms with Gasteiger partial charge in [0.25, 0.3) is 6.55 Å². The van der Waals surface area contributed by atoms with Gasteiger partial charge in [-0.25, -0.2) is 18.1 Å². The van der Waals surface area contributed by atoms with E-state index in [1.54, 1.807) is 4.90 Å². The van der Waals surface area contributed by atoms with Gasteiger partial charge in [-0.3, -0.25) is 4.79 Å². The number of carbonyl (C=O) groups excluding carboxylic acids is 1. The van der Waals surface area contributed by atoms with Crippen molar-refractivity contribution >= 4 is 5.91 Å². The highest BCUT2D eigenvalue weighted by atomic mass is 19.3. The number of halogens is 5. The van der Waals surface area contributed by atoms with Crippen LogP contribution in [0.4, 0.5) is 22.0 Å². The maximum absolute atomic E-state index is 13.8. The number of likely N-dealkylation sites (tertiary alicyclic amines) is 1. The van der Waals surface area contributed by atoms with E-state index in [0.717, 1.165) is 30.2 Å². The van der Waals surface area contributed by atoms with Crippen LogP contribution in [0.25, 0.3) is 0 Å². The van der Waals surface area contributed by atoms with Crippen LogP contribution in [0.2, 0.25) is 0 Å². The summed E-state index contributed by atoms with van der Waals surface area (Å²) in [5.74, 6) is -3.36. The summed E-state index contributed by atoms with van der Waals surface area (Å²) in [6, 6.07) is 0.101. The van der Waals surface area contributed by atoms with Gasteiger partial charge in [-0.2, -0.15) is 8.78 Å². The third-order valence-electron chi connectivity index (χ3n) is 5.62. The molecule has 162 valence electrons. The van der Waals surface area contributed by atoms with Crippen molar-refractivity contribution in [2.24, 2.45) is 11.7 Å². The molecule has 4 nitrogen and oxygen atoms in total. The molecule has 0 radical (unpaired) electrons. The quantitative estimate of drug-likeness (QED) is 0.380. The first kappa shape index (κ1) is 22.0. The number of nitrogens with two attached hydrogens (primary N) is 1. The minimum absolute atomic E-state index is 0.101. The number of hydrogen-bond acceptors (Lipinski definition) is 3. The second-order valence-corrected chi connectivity index (χ2v) is 8.08. The molecule has 1 saturated heterocycles. The Kier molecular flexibility index (Phi) is 7.10. The minimum atomic E-state index is -2.56. The standard InChI is InChI=1S/C20H26F5N3O/c21-16-9-18(23)17(22)7-13(16)6-14(26)8-19(29)28-5-1-2-15(28)11-27(20(24)25)10-12-3-4-12/h7,9,12,14-15,20H,1-6,8,10-11,26H2. The Labute approximate surface area is 166 Å². The Bertz CT molecular complexity index is 728. The first-order valence-corrected chi connectivity index (χ1v) is 9.95. The fourth-order valence-corrected chi connectivity index (χ4v) is 3.91. The van der Waals surface area contributed by atoms with E-state index in [1.165, 1.54) is 0 Å². The third kappa shape index (κ3) is 5.88. The number of hydrogen-bond donors (Lipinski definition) is 1. The molecule has 0 aromatic heterocycles. The molecule has 0 bridgehead atoms. The summed E-state index contributed by atoms with van der Waals surface area (Å²) in [4.78, 5) is 15.4. The number of benzene rings is 1. The van der Waals surface area contributed by atoms with Crippen LogP contribution in [0.3, 0.4) is 0 Å². The summed E-state index contributed by atoms with van der Waals surface area (Å²) >= 11 is 0. The van der Waals surface area contributed by atoms with Crippen molar-refractivity contribution in [3.8, 4) is 0 Å². The molecule has 1 heterocycles. The van der Waals surface area contributed by atoms with Crippen molar-refractivity contribution in [3.05, 3.63) is 35.1 Å². The summed E-state index contributed by atoms with van der Waals surface area (Å²) in [6.45, 7) is -1.64. The van der Waals surface area contributed by atoms with Crippen molar-refractivity contribution in [2.75, 3.05) is 19.6 Å². The Morgan fingerprint density at radius 1 is 1.10 bits per heavy atom. The molecule has 2 atom stereocenters. The molecule has 0 spiro atoms. The molecule has 1 aromatic carbocycles. The molecule has 1 saturated carbocycles. The Morgan fingerprint density at radius 3 is 2.45 bits per heavy atom. The van der Waals surface area contributed by atoms with Crippen molar-refractivity contribution in [1.29, 1.82) is 0 Å². The maximum Gasteiger partial charge on any atom is 0.294 e. The largest absolute Gasteiger partial charge is 0.338 e. The van der Waals surface area contributed by atoms with E-state index in [0.29, 0.717) is 31.5 Å². The van der Waals surface area contributed by atoms with E-state index in [2.05, 4.69) is 0 Å². The van der Waals surface area contributed by atoms with Gasteiger partial charge < -0.3 is 10.6 Å². The summed E-state index contributed by atoms with van der Waals surface area (Å²) in [7, 11) is 0. The summed E-state index contributed by atoms with van der Waals surface area (Å²) in [5.41, 5.74) is 5.84. The lowest BCUT2D eigenvalue weighted by Crippen LogP contribution is -2.46. The number of nitrogens with zero attached hydrogens (tertiary/aromatic N) is 2. The normalized spacial score (nSPS) is 20.7. The van der Waals surface area contributed by atoms with Crippen LogP contribution in [0, 0.1) is 23.4 Å². The van der Waals surface area contributed by atoms with E-state index >= 15 is 0 Å². The van der Waals surface area contributed by atoms with Crippen LogP contribution < -0.4 is 5.73 Å². The maximum atomic E-state index is 13.8. The summed E-state index contributed by atoms with van der Waals surface area (Å²) in [5, 5.41) is 0. The predicted octanol–water partition coefficient (Wildman–Crippen LogP) is 3.29. The number of rotatable bonds is 9. The van der Waals surface area contributed by atoms with Crippen LogP contribution in [0.1, 0.15) is 37.7 Å². The molecular weight excluding hydrogens is 393 g/mol. The fraction of sp³-hybridized carbons (Fsp3) is 0.650. The van der Waals surface area contributed by atoms with Gasteiger partial charge in [-0.15, -0.1) is 0 Å². The van der Waals surface area contributed by atoms with Crippen LogP contribution in [0.5, 0.6) is 0 Å². The van der Waals surface area contributed by atoms with Gasteiger partial charge in [0.2, 0.25) is 5.91 Å². The Hall–Kier alpha value is -1.74. The number of alkyl halides is 2. The van der Waals surface area contributed by atoms with Crippen LogP contribution in [0.15, 0.2) is 12.1 Å². The van der Waals surface area contributed by atoms with Gasteiger partial charge in [0.1, 0.15) is 5.82 Å². The number of amides is 1. The van der Waals surface area contributed by atoms with E-state index in [1.807, 2.05) is 0 Å². The lowest BCUT2D eigenvalue weighted by atomic mass is 10.0. The molecular formula is C20H26F5N3O. The van der Waals surface area contributed by atoms with Crippen molar-refractivity contribution in [2.45, 2.75) is 57.2 Å². The van der Waals surface area contributed by atoms with Gasteiger partial charge in [-0.1, -0.05) is 0 Å². The smallest absolute Gasteiger partial charge is 0.294 e. The predicted molar refractivity (Wildman–Crippen MR) is 97.6 cm³/mol. The topological polar surface area (TPSA) is 49.6 Å². The average Bonchev–Trinajstić information content (AvgIpc) is 3.33. The van der Waals surface area contributed by atoms with Crippen LogP contribution in [-0.2, 0) is 11.2 Å². The Balaban J connectivity index is 1.56. The molecule has 1 aliphatic heterocycles. The fourth-order valence-electron chi connectivity index (χ4n) is 3.91. The molecule has 1 aliphatic carbocycles. The Morgan fingerprint density at radius 2 is 1.79 bits per heavy atom. The lowest BCUT2D eigenvalue weighted by molar-refractivity contribution is -0.133. The van der Waals surface area contributed by atoms with Gasteiger partial charge in [0.15, 0.2) is 11.6 Å². The van der Waals surface area contributed by atoms with Gasteiger partial charge in [0, 0.05) is 44.2 Å². The SMILES string of the molecule is NC(CC(=O)N1CCCC1CN(CC1CC1)C(F)F)Cc1cc(F)c(F)cc1F. The number of carbonyl (C=O) groups is 1. The molecule has 2 aliphatic rings. The minimum Gasteiger partial charge on any atom is -0.338 e. The van der Waals surface area contributed by atoms with E-state index in [9.17, 15) is 26.7 Å². The monoisotopic (exact) mass is 419 g/mol. The molecule has 3 rings (SSSR count). The first-order valence-electron chi connectivity index (χ1n) is 9.95. The highest BCUT2D eigenvalue weighted by Crippen LogP contribution is 2.31. The molecule has 9 heteroatoms. The molecule has 2 unspecified atom stereocenters. The zero-order valence-electron chi connectivity index (χ0n) is 16.1. The van der Waals surface area contributed by atoms with Crippen LogP contribution in [-0.4, -0.2) is 54.0 Å². The van der Waals surface area contributed by atoms with Crippen molar-refractivity contribution < 1.29 is 26.7 Å². The van der Waals surface area contributed by atoms with E-state index < -0.39 is 30.0 Å². The van der Waals surface area contributed by atoms with Crippen LogP contribution >= 0.6 is 0 Å². The van der Waals surface area contributed by atoms with Crippen molar-refractivity contribution in [3.63, 3.8) is 0 Å². The second kappa shape index (κ2) is 9.38. The second-order valence-electron chi connectivity index (χ2n) is 8.08. The molecule has 1 amide bonds. The van der Waals surface area contributed by atoms with Gasteiger partial charge in [-0.05, 0) is 49.7 Å². The third-order valence-corrected chi connectivity index (χ3v) is 5.62. The molecule has 2 N–H and O–H groups in total. The highest BCUT2D eigenvalue weighted by molar-refractivity contribution is 5.77. The van der Waals surface area contributed by atoms with E-state index in [-0.39, 0.29) is 36.9 Å². The van der Waals surface area contributed by atoms with Crippen molar-refractivity contribution in [1.82, 2.24) is 9.80 Å². The van der Waals surface area contributed by atoms with Gasteiger partial charge in [0.05, 0.1) is 0 Å². The molecule has 29 heavy (non-hydrogen) atoms. The zero-order chi connectivity index (χ0) is 21.1.